The molecule has 0 heterocycles. The molecule has 0 atom stereocenters. The molecule has 0 fully saturated rings. The van der Waals surface area contributed by atoms with E-state index in [-0.39, 0.29) is 0 Å². The van der Waals surface area contributed by atoms with Crippen molar-refractivity contribution in [3.63, 3.8) is 0 Å². The smallest absolute Gasteiger partial charge is 0.0464 e. The molecule has 0 aliphatic carbocycles. The highest BCUT2D eigenvalue weighted by Gasteiger charge is 2.16. The molecule has 0 saturated carbocycles. The lowest BCUT2D eigenvalue weighted by molar-refractivity contribution is 0.949. The molecule has 268 valence electrons. The monoisotopic (exact) mass is 710 g/mol. The number of benzene rings is 8. The van der Waals surface area contributed by atoms with E-state index in [1.54, 1.807) is 0 Å². The van der Waals surface area contributed by atoms with Gasteiger partial charge in [-0.2, -0.15) is 0 Å². The molecule has 0 radical (unpaired) electrons. The van der Waals surface area contributed by atoms with E-state index in [1.807, 2.05) is 0 Å². The van der Waals surface area contributed by atoms with Gasteiger partial charge in [0.25, 0.3) is 0 Å². The van der Waals surface area contributed by atoms with Gasteiger partial charge < -0.3 is 9.80 Å². The molecule has 8 aromatic carbocycles. The van der Waals surface area contributed by atoms with E-state index < -0.39 is 0 Å². The summed E-state index contributed by atoms with van der Waals surface area (Å²) in [5, 5.41) is 0. The number of para-hydroxylation sites is 2. The fraction of sp³-hybridized carbons (Fsp3) is 0.0943. The fourth-order valence-electron chi connectivity index (χ4n) is 7.51. The number of anilines is 6. The van der Waals surface area contributed by atoms with Crippen molar-refractivity contribution in [2.75, 3.05) is 9.80 Å². The van der Waals surface area contributed by atoms with Gasteiger partial charge in [-0.25, -0.2) is 0 Å². The maximum atomic E-state index is 2.35. The lowest BCUT2D eigenvalue weighted by Gasteiger charge is -2.27. The Morgan fingerprint density at radius 3 is 1.11 bits per heavy atom. The van der Waals surface area contributed by atoms with Crippen molar-refractivity contribution in [2.24, 2.45) is 0 Å². The summed E-state index contributed by atoms with van der Waals surface area (Å²) in [6.45, 7) is 4.46. The van der Waals surface area contributed by atoms with Gasteiger partial charge in [-0.1, -0.05) is 133 Å². The van der Waals surface area contributed by atoms with Gasteiger partial charge in [-0.3, -0.25) is 0 Å². The predicted octanol–water partition coefficient (Wildman–Crippen LogP) is 14.3. The maximum absolute atomic E-state index is 2.35. The van der Waals surface area contributed by atoms with E-state index in [2.05, 4.69) is 230 Å². The molecule has 0 aromatic heterocycles. The second kappa shape index (κ2) is 16.6. The molecule has 0 bridgehead atoms. The SMILES string of the molecule is Cc1cc(N(c2ccccc2)c2ccc(-c3ccc(N(c4ccccc4)c4ccc(Cc5ccccc5)c(C)c4)cc3)cc2)ccc1CCc1ccccc1. The van der Waals surface area contributed by atoms with Gasteiger partial charge in [0.2, 0.25) is 0 Å². The molecular weight excluding hydrogens is 665 g/mol. The highest BCUT2D eigenvalue weighted by Crippen LogP contribution is 2.39. The largest absolute Gasteiger partial charge is 0.310 e. The first-order valence-corrected chi connectivity index (χ1v) is 19.3. The van der Waals surface area contributed by atoms with E-state index in [4.69, 9.17) is 0 Å². The third kappa shape index (κ3) is 8.30. The average Bonchev–Trinajstić information content (AvgIpc) is 3.24. The molecule has 55 heavy (non-hydrogen) atoms. The zero-order valence-electron chi connectivity index (χ0n) is 31.6. The van der Waals surface area contributed by atoms with Crippen LogP contribution in [0, 0.1) is 13.8 Å². The van der Waals surface area contributed by atoms with Crippen molar-refractivity contribution in [1.82, 2.24) is 0 Å². The summed E-state index contributed by atoms with van der Waals surface area (Å²) in [5.41, 5.74) is 17.2. The highest BCUT2D eigenvalue weighted by molar-refractivity contribution is 5.81. The van der Waals surface area contributed by atoms with Crippen LogP contribution in [-0.4, -0.2) is 0 Å². The Bertz CT molecular complexity index is 2440. The number of hydrogen-bond donors (Lipinski definition) is 0. The minimum atomic E-state index is 0.927. The number of nitrogens with zero attached hydrogens (tertiary/aromatic N) is 2. The second-order valence-corrected chi connectivity index (χ2v) is 14.3. The second-order valence-electron chi connectivity index (χ2n) is 14.3. The molecule has 0 spiro atoms. The summed E-state index contributed by atoms with van der Waals surface area (Å²) in [5.74, 6) is 0. The van der Waals surface area contributed by atoms with Gasteiger partial charge in [-0.15, -0.1) is 0 Å². The van der Waals surface area contributed by atoms with Gasteiger partial charge in [0.1, 0.15) is 0 Å². The van der Waals surface area contributed by atoms with Crippen LogP contribution in [0.3, 0.4) is 0 Å². The van der Waals surface area contributed by atoms with Crippen LogP contribution in [0.15, 0.2) is 206 Å². The molecule has 0 aliphatic heterocycles. The molecule has 0 unspecified atom stereocenters. The topological polar surface area (TPSA) is 6.48 Å². The van der Waals surface area contributed by atoms with Gasteiger partial charge in [0.05, 0.1) is 0 Å². The molecule has 0 saturated heterocycles. The first kappa shape index (κ1) is 35.4. The summed E-state index contributed by atoms with van der Waals surface area (Å²) in [6.07, 6.45) is 2.99. The number of rotatable bonds is 12. The predicted molar refractivity (Wildman–Crippen MR) is 234 cm³/mol. The normalized spacial score (nSPS) is 10.9. The lowest BCUT2D eigenvalue weighted by atomic mass is 9.99. The van der Waals surface area contributed by atoms with Crippen molar-refractivity contribution >= 4 is 34.1 Å². The summed E-state index contributed by atoms with van der Waals surface area (Å²) >= 11 is 0. The van der Waals surface area contributed by atoms with E-state index in [0.29, 0.717) is 0 Å². The standard InChI is InChI=1S/C53H46N2/c1-40-37-52(35-25-44(40)24-23-42-15-7-3-8-16-42)54(48-19-11-5-12-20-48)50-31-26-45(27-32-50)46-28-33-51(34-29-46)55(49-21-13-6-14-22-49)53-36-30-47(41(2)38-53)39-43-17-9-4-10-18-43/h3-22,25-38H,23-24,39H2,1-2H3. The number of aryl methyl sites for hydroxylation is 4. The zero-order chi connectivity index (χ0) is 37.4. The fourth-order valence-corrected chi connectivity index (χ4v) is 7.51. The lowest BCUT2D eigenvalue weighted by Crippen LogP contribution is -2.10. The van der Waals surface area contributed by atoms with Crippen LogP contribution >= 0.6 is 0 Å². The Hall–Kier alpha value is -6.64. The molecule has 0 amide bonds. The van der Waals surface area contributed by atoms with Crippen molar-refractivity contribution in [2.45, 2.75) is 33.1 Å². The van der Waals surface area contributed by atoms with Gasteiger partial charge >= 0.3 is 0 Å². The number of hydrogen-bond acceptors (Lipinski definition) is 2. The quantitative estimate of drug-likeness (QED) is 0.125. The third-order valence-electron chi connectivity index (χ3n) is 10.5. The summed E-state index contributed by atoms with van der Waals surface area (Å²) in [6, 6.07) is 74.4. The molecule has 8 aromatic rings. The Labute approximate surface area is 326 Å². The van der Waals surface area contributed by atoms with Gasteiger partial charge in [0.15, 0.2) is 0 Å². The third-order valence-corrected chi connectivity index (χ3v) is 10.5. The van der Waals surface area contributed by atoms with Crippen LogP contribution in [0.1, 0.15) is 33.4 Å². The molecule has 0 N–H and O–H groups in total. The molecular formula is C53H46N2. The van der Waals surface area contributed by atoms with E-state index in [0.717, 1.165) is 53.4 Å². The van der Waals surface area contributed by atoms with Crippen LogP contribution < -0.4 is 9.80 Å². The Balaban J connectivity index is 1.05. The summed E-state index contributed by atoms with van der Waals surface area (Å²) in [7, 11) is 0. The van der Waals surface area contributed by atoms with Crippen LogP contribution in [0.4, 0.5) is 34.1 Å². The Morgan fingerprint density at radius 1 is 0.309 bits per heavy atom. The molecule has 2 heteroatoms. The maximum Gasteiger partial charge on any atom is 0.0464 e. The Morgan fingerprint density at radius 2 is 0.673 bits per heavy atom. The minimum Gasteiger partial charge on any atom is -0.310 e. The van der Waals surface area contributed by atoms with Gasteiger partial charge in [-0.05, 0) is 150 Å². The zero-order valence-corrected chi connectivity index (χ0v) is 31.6. The van der Waals surface area contributed by atoms with E-state index in [9.17, 15) is 0 Å². The summed E-state index contributed by atoms with van der Waals surface area (Å²) < 4.78 is 0. The Kier molecular flexibility index (Phi) is 10.7. The summed E-state index contributed by atoms with van der Waals surface area (Å²) in [4.78, 5) is 4.70. The minimum absolute atomic E-state index is 0.927. The first-order valence-electron chi connectivity index (χ1n) is 19.3. The van der Waals surface area contributed by atoms with Crippen LogP contribution in [0.5, 0.6) is 0 Å². The van der Waals surface area contributed by atoms with E-state index >= 15 is 0 Å². The van der Waals surface area contributed by atoms with Crippen molar-refractivity contribution in [1.29, 1.82) is 0 Å². The van der Waals surface area contributed by atoms with Crippen molar-refractivity contribution in [3.05, 3.63) is 240 Å². The van der Waals surface area contributed by atoms with Gasteiger partial charge in [0, 0.05) is 34.1 Å². The van der Waals surface area contributed by atoms with Crippen LogP contribution in [0.25, 0.3) is 11.1 Å². The molecule has 8 rings (SSSR count). The highest BCUT2D eigenvalue weighted by atomic mass is 15.1. The van der Waals surface area contributed by atoms with Crippen LogP contribution in [0.2, 0.25) is 0 Å². The van der Waals surface area contributed by atoms with E-state index in [1.165, 1.54) is 44.5 Å². The van der Waals surface area contributed by atoms with Crippen molar-refractivity contribution in [3.8, 4) is 11.1 Å². The molecule has 2 nitrogen and oxygen atoms in total. The average molecular weight is 711 g/mol. The van der Waals surface area contributed by atoms with Crippen molar-refractivity contribution < 1.29 is 0 Å². The molecule has 0 aliphatic rings. The first-order chi connectivity index (χ1) is 27.1. The van der Waals surface area contributed by atoms with Crippen LogP contribution in [-0.2, 0) is 19.3 Å².